The standard InChI is InChI=1S/C18H26N2O3S/c1-2-24(22,23)20-11-6-9-17(14-20)18(21)19-12-10-16(13-19)15-7-4-3-5-8-15/h3-5,7-8,16-17H,2,6,9-14H2,1H3. The van der Waals surface area contributed by atoms with Crippen molar-refractivity contribution in [2.24, 2.45) is 5.92 Å². The zero-order chi connectivity index (χ0) is 17.2. The molecule has 2 unspecified atom stereocenters. The van der Waals surface area contributed by atoms with E-state index in [1.807, 2.05) is 23.1 Å². The minimum atomic E-state index is -3.20. The van der Waals surface area contributed by atoms with Gasteiger partial charge in [-0.3, -0.25) is 4.79 Å². The third-order valence-corrected chi connectivity index (χ3v) is 7.11. The number of benzene rings is 1. The van der Waals surface area contributed by atoms with Crippen molar-refractivity contribution in [1.29, 1.82) is 0 Å². The minimum absolute atomic E-state index is 0.105. The van der Waals surface area contributed by atoms with Gasteiger partial charge < -0.3 is 4.90 Å². The van der Waals surface area contributed by atoms with Crippen molar-refractivity contribution in [2.75, 3.05) is 31.9 Å². The van der Waals surface area contributed by atoms with Gasteiger partial charge in [0.2, 0.25) is 15.9 Å². The highest BCUT2D eigenvalue weighted by molar-refractivity contribution is 7.89. The van der Waals surface area contributed by atoms with E-state index in [0.29, 0.717) is 19.0 Å². The molecule has 0 bridgehead atoms. The normalized spacial score (nSPS) is 25.8. The van der Waals surface area contributed by atoms with Crippen LogP contribution in [0.25, 0.3) is 0 Å². The van der Waals surface area contributed by atoms with E-state index in [1.54, 1.807) is 6.92 Å². The van der Waals surface area contributed by atoms with Crippen LogP contribution in [0.4, 0.5) is 0 Å². The van der Waals surface area contributed by atoms with E-state index in [2.05, 4.69) is 12.1 Å². The molecule has 2 aliphatic heterocycles. The Balaban J connectivity index is 1.63. The average Bonchev–Trinajstić information content (AvgIpc) is 3.12. The largest absolute Gasteiger partial charge is 0.342 e. The van der Waals surface area contributed by atoms with Crippen molar-refractivity contribution in [1.82, 2.24) is 9.21 Å². The molecule has 2 heterocycles. The van der Waals surface area contributed by atoms with Gasteiger partial charge in [0.05, 0.1) is 11.7 Å². The molecule has 0 radical (unpaired) electrons. The third-order valence-electron chi connectivity index (χ3n) is 5.26. The number of amides is 1. The van der Waals surface area contributed by atoms with E-state index < -0.39 is 10.0 Å². The number of hydrogen-bond acceptors (Lipinski definition) is 3. The zero-order valence-electron chi connectivity index (χ0n) is 14.2. The maximum Gasteiger partial charge on any atom is 0.227 e. The molecule has 1 aromatic carbocycles. The van der Waals surface area contributed by atoms with Gasteiger partial charge in [-0.25, -0.2) is 12.7 Å². The average molecular weight is 350 g/mol. The minimum Gasteiger partial charge on any atom is -0.342 e. The predicted molar refractivity (Wildman–Crippen MR) is 94.1 cm³/mol. The first-order valence-corrected chi connectivity index (χ1v) is 10.4. The van der Waals surface area contributed by atoms with Crippen LogP contribution in [-0.4, -0.2) is 55.5 Å². The van der Waals surface area contributed by atoms with Gasteiger partial charge in [-0.15, -0.1) is 0 Å². The lowest BCUT2D eigenvalue weighted by atomic mass is 9.97. The topological polar surface area (TPSA) is 57.7 Å². The van der Waals surface area contributed by atoms with E-state index >= 15 is 0 Å². The first kappa shape index (κ1) is 17.4. The van der Waals surface area contributed by atoms with Gasteiger partial charge in [-0.1, -0.05) is 30.3 Å². The number of hydrogen-bond donors (Lipinski definition) is 0. The summed E-state index contributed by atoms with van der Waals surface area (Å²) < 4.78 is 25.7. The molecule has 24 heavy (non-hydrogen) atoms. The summed E-state index contributed by atoms with van der Waals surface area (Å²) >= 11 is 0. The molecule has 6 heteroatoms. The van der Waals surface area contributed by atoms with Crippen LogP contribution >= 0.6 is 0 Å². The van der Waals surface area contributed by atoms with Crippen LogP contribution in [0.2, 0.25) is 0 Å². The fraction of sp³-hybridized carbons (Fsp3) is 0.611. The van der Waals surface area contributed by atoms with E-state index in [4.69, 9.17) is 0 Å². The molecule has 0 aromatic heterocycles. The van der Waals surface area contributed by atoms with Crippen molar-refractivity contribution in [2.45, 2.75) is 32.1 Å². The highest BCUT2D eigenvalue weighted by Gasteiger charge is 2.36. The number of piperidine rings is 1. The summed E-state index contributed by atoms with van der Waals surface area (Å²) in [5, 5.41) is 0. The molecule has 132 valence electrons. The Morgan fingerprint density at radius 2 is 1.88 bits per heavy atom. The van der Waals surface area contributed by atoms with Crippen LogP contribution in [0.3, 0.4) is 0 Å². The van der Waals surface area contributed by atoms with E-state index in [-0.39, 0.29) is 17.6 Å². The molecule has 3 rings (SSSR count). The van der Waals surface area contributed by atoms with Gasteiger partial charge in [0.15, 0.2) is 0 Å². The highest BCUT2D eigenvalue weighted by Crippen LogP contribution is 2.29. The highest BCUT2D eigenvalue weighted by atomic mass is 32.2. The maximum atomic E-state index is 12.8. The monoisotopic (exact) mass is 350 g/mol. The molecule has 2 aliphatic rings. The van der Waals surface area contributed by atoms with Crippen molar-refractivity contribution in [3.05, 3.63) is 35.9 Å². The fourth-order valence-corrected chi connectivity index (χ4v) is 4.97. The molecule has 0 spiro atoms. The zero-order valence-corrected chi connectivity index (χ0v) is 15.0. The second-order valence-corrected chi connectivity index (χ2v) is 9.04. The van der Waals surface area contributed by atoms with Crippen LogP contribution in [0.5, 0.6) is 0 Å². The van der Waals surface area contributed by atoms with Crippen molar-refractivity contribution in [3.8, 4) is 0 Å². The van der Waals surface area contributed by atoms with Gasteiger partial charge >= 0.3 is 0 Å². The Kier molecular flexibility index (Phi) is 5.25. The molecule has 1 aromatic rings. The summed E-state index contributed by atoms with van der Waals surface area (Å²) in [5.41, 5.74) is 1.28. The van der Waals surface area contributed by atoms with Gasteiger partial charge in [0, 0.05) is 32.1 Å². The van der Waals surface area contributed by atoms with Crippen molar-refractivity contribution in [3.63, 3.8) is 0 Å². The number of nitrogens with zero attached hydrogens (tertiary/aromatic N) is 2. The summed E-state index contributed by atoms with van der Waals surface area (Å²) in [6, 6.07) is 10.3. The van der Waals surface area contributed by atoms with Gasteiger partial charge in [0.25, 0.3) is 0 Å². The molecule has 0 aliphatic carbocycles. The summed E-state index contributed by atoms with van der Waals surface area (Å²) in [6.45, 7) is 4.08. The lowest BCUT2D eigenvalue weighted by Crippen LogP contribution is -2.46. The van der Waals surface area contributed by atoms with E-state index in [9.17, 15) is 13.2 Å². The molecule has 2 atom stereocenters. The Morgan fingerprint density at radius 3 is 2.58 bits per heavy atom. The molecule has 2 fully saturated rings. The fourth-order valence-electron chi connectivity index (χ4n) is 3.80. The Morgan fingerprint density at radius 1 is 1.12 bits per heavy atom. The number of rotatable bonds is 4. The summed E-state index contributed by atoms with van der Waals surface area (Å²) in [6.07, 6.45) is 2.55. The van der Waals surface area contributed by atoms with Crippen LogP contribution in [-0.2, 0) is 14.8 Å². The molecule has 1 amide bonds. The van der Waals surface area contributed by atoms with Crippen LogP contribution in [0.1, 0.15) is 37.7 Å². The van der Waals surface area contributed by atoms with Crippen molar-refractivity contribution >= 4 is 15.9 Å². The van der Waals surface area contributed by atoms with Gasteiger partial charge in [0.1, 0.15) is 0 Å². The summed E-state index contributed by atoms with van der Waals surface area (Å²) in [5.74, 6) is 0.446. The van der Waals surface area contributed by atoms with Gasteiger partial charge in [-0.2, -0.15) is 0 Å². The summed E-state index contributed by atoms with van der Waals surface area (Å²) in [7, 11) is -3.20. The Bertz CT molecular complexity index is 675. The molecule has 0 saturated carbocycles. The predicted octanol–water partition coefficient (Wildman–Crippen LogP) is 2.06. The smallest absolute Gasteiger partial charge is 0.227 e. The first-order chi connectivity index (χ1) is 11.5. The SMILES string of the molecule is CCS(=O)(=O)N1CCCC(C(=O)N2CCC(c3ccccc3)C2)C1. The van der Waals surface area contributed by atoms with Crippen LogP contribution in [0, 0.1) is 5.92 Å². The Labute approximate surface area is 144 Å². The van der Waals surface area contributed by atoms with Crippen molar-refractivity contribution < 1.29 is 13.2 Å². The summed E-state index contributed by atoms with van der Waals surface area (Å²) in [4.78, 5) is 14.8. The second-order valence-electron chi connectivity index (χ2n) is 6.78. The number of carbonyl (C=O) groups excluding carboxylic acids is 1. The third kappa shape index (κ3) is 3.64. The quantitative estimate of drug-likeness (QED) is 0.835. The molecule has 2 saturated heterocycles. The molecule has 0 N–H and O–H groups in total. The number of carbonyl (C=O) groups is 1. The van der Waals surface area contributed by atoms with E-state index in [0.717, 1.165) is 32.4 Å². The van der Waals surface area contributed by atoms with E-state index in [1.165, 1.54) is 9.87 Å². The maximum absolute atomic E-state index is 12.8. The molecule has 5 nitrogen and oxygen atoms in total. The second kappa shape index (κ2) is 7.23. The number of likely N-dealkylation sites (tertiary alicyclic amines) is 1. The lowest BCUT2D eigenvalue weighted by molar-refractivity contribution is -0.135. The number of sulfonamides is 1. The van der Waals surface area contributed by atoms with Crippen LogP contribution < -0.4 is 0 Å². The Hall–Kier alpha value is -1.40. The lowest BCUT2D eigenvalue weighted by Gasteiger charge is -2.33. The van der Waals surface area contributed by atoms with Gasteiger partial charge in [-0.05, 0) is 31.7 Å². The first-order valence-electron chi connectivity index (χ1n) is 8.83. The van der Waals surface area contributed by atoms with Crippen LogP contribution in [0.15, 0.2) is 30.3 Å². The molecular weight excluding hydrogens is 324 g/mol. The molecular formula is C18H26N2O3S.